The Morgan fingerprint density at radius 2 is 0.526 bits per heavy atom. The lowest BCUT2D eigenvalue weighted by Gasteiger charge is -2.15. The molecule has 0 atom stereocenters. The molecule has 95 heavy (non-hydrogen) atoms. The Morgan fingerprint density at radius 3 is 1.01 bits per heavy atom. The van der Waals surface area contributed by atoms with E-state index in [2.05, 4.69) is 358 Å². The Kier molecular flexibility index (Phi) is 11.9. The van der Waals surface area contributed by atoms with Crippen LogP contribution in [0.2, 0.25) is 0 Å². The lowest BCUT2D eigenvalue weighted by atomic mass is 9.98. The van der Waals surface area contributed by atoms with Crippen LogP contribution in [0.3, 0.4) is 0 Å². The van der Waals surface area contributed by atoms with Gasteiger partial charge in [-0.25, -0.2) is 0 Å². The minimum atomic E-state index is 1.15. The molecule has 0 saturated heterocycles. The molecule has 5 heteroatoms. The monoisotopic (exact) mass is 1220 g/mol. The summed E-state index contributed by atoms with van der Waals surface area (Å²) in [4.78, 5) is 0. The first kappa shape index (κ1) is 53.4. The van der Waals surface area contributed by atoms with Gasteiger partial charge in [0.25, 0.3) is 0 Å². The number of thiophene rings is 1. The maximum atomic E-state index is 2.52. The van der Waals surface area contributed by atoms with Gasteiger partial charge in [0.05, 0.1) is 44.1 Å². The van der Waals surface area contributed by atoms with Crippen LogP contribution in [-0.4, -0.2) is 18.3 Å². The molecule has 442 valence electrons. The van der Waals surface area contributed by atoms with E-state index in [9.17, 15) is 0 Å². The lowest BCUT2D eigenvalue weighted by molar-refractivity contribution is 1.15. The van der Waals surface area contributed by atoms with Gasteiger partial charge in [0.15, 0.2) is 0 Å². The van der Waals surface area contributed by atoms with Gasteiger partial charge >= 0.3 is 0 Å². The summed E-state index contributed by atoms with van der Waals surface area (Å²) in [6, 6.07) is 124. The average Bonchev–Trinajstić information content (AvgIpc) is 1.55. The normalized spacial score (nSPS) is 12.0. The second-order valence-corrected chi connectivity index (χ2v) is 26.1. The number of benzene rings is 16. The summed E-state index contributed by atoms with van der Waals surface area (Å²) in [6.07, 6.45) is 0. The molecule has 0 aliphatic carbocycles. The Labute approximate surface area is 550 Å². The van der Waals surface area contributed by atoms with Gasteiger partial charge in [0.2, 0.25) is 0 Å². The Hall–Kier alpha value is -12.3. The van der Waals surface area contributed by atoms with Gasteiger partial charge in [-0.05, 0) is 146 Å². The average molecular weight is 1230 g/mol. The number of rotatable bonds is 6. The van der Waals surface area contributed by atoms with Crippen LogP contribution in [0.15, 0.2) is 340 Å². The molecular formula is C90H56N4S. The van der Waals surface area contributed by atoms with Crippen molar-refractivity contribution in [2.45, 2.75) is 0 Å². The van der Waals surface area contributed by atoms with Crippen LogP contribution in [0.4, 0.5) is 0 Å². The van der Waals surface area contributed by atoms with Gasteiger partial charge < -0.3 is 18.3 Å². The van der Waals surface area contributed by atoms with Crippen molar-refractivity contribution in [1.29, 1.82) is 0 Å². The van der Waals surface area contributed by atoms with E-state index in [0.717, 1.165) is 22.7 Å². The van der Waals surface area contributed by atoms with E-state index < -0.39 is 0 Å². The van der Waals surface area contributed by atoms with Crippen LogP contribution in [-0.2, 0) is 0 Å². The number of aromatic nitrogens is 4. The van der Waals surface area contributed by atoms with Gasteiger partial charge in [0.1, 0.15) is 0 Å². The molecule has 0 spiro atoms. The first-order chi connectivity index (χ1) is 47.2. The number of hydrogen-bond acceptors (Lipinski definition) is 1. The maximum Gasteiger partial charge on any atom is 0.0795 e. The van der Waals surface area contributed by atoms with Crippen molar-refractivity contribution in [3.8, 4) is 45.0 Å². The molecular weight excluding hydrogens is 1170 g/mol. The standard InChI is InChI=1S/C46H28N2S.C44H28N2/c1-2-15-30(16-3-1)47-38-24-9-6-20-35(38)43-33-18-4-5-19-34(33)44-36-21-7-10-25-39(36)48(46(44)45(43)47)31-17-12-14-29(28-31)32-23-13-27-41-42(32)37-22-8-11-26-40(37)49-41;1-2-16-33(17-3-1)45-39-23-10-8-21-37(39)41-35-19-6-7-20-36(35)42-38-22-9-11-24-40(38)46(44(42)43(41)45)34-18-12-15-31(28-34)32-26-25-29-13-4-5-14-30(29)27-32/h1-28H;1-28H. The Morgan fingerprint density at radius 1 is 0.189 bits per heavy atom. The molecule has 5 aromatic heterocycles. The van der Waals surface area contributed by atoms with Crippen molar-refractivity contribution in [3.05, 3.63) is 340 Å². The fourth-order valence-electron chi connectivity index (χ4n) is 16.0. The van der Waals surface area contributed by atoms with E-state index in [1.54, 1.807) is 0 Å². The number of nitrogens with zero attached hydrogens (tertiary/aromatic N) is 4. The summed E-state index contributed by atoms with van der Waals surface area (Å²) in [7, 11) is 0. The minimum Gasteiger partial charge on any atom is -0.307 e. The van der Waals surface area contributed by atoms with Crippen LogP contribution in [0.1, 0.15) is 0 Å². The van der Waals surface area contributed by atoms with Crippen molar-refractivity contribution in [2.75, 3.05) is 0 Å². The molecule has 0 amide bonds. The fourth-order valence-corrected chi connectivity index (χ4v) is 17.2. The molecule has 0 fully saturated rings. The van der Waals surface area contributed by atoms with Crippen LogP contribution < -0.4 is 0 Å². The maximum absolute atomic E-state index is 2.52. The fraction of sp³-hybridized carbons (Fsp3) is 0. The van der Waals surface area contributed by atoms with Crippen LogP contribution in [0, 0.1) is 0 Å². The van der Waals surface area contributed by atoms with Crippen LogP contribution >= 0.6 is 11.3 Å². The molecule has 16 aromatic carbocycles. The summed E-state index contributed by atoms with van der Waals surface area (Å²) in [5.74, 6) is 0. The number of para-hydroxylation sites is 6. The molecule has 0 unspecified atom stereocenters. The second-order valence-electron chi connectivity index (χ2n) is 25.0. The van der Waals surface area contributed by atoms with E-state index in [1.165, 1.54) is 162 Å². The summed E-state index contributed by atoms with van der Waals surface area (Å²) in [5.41, 5.74) is 19.3. The van der Waals surface area contributed by atoms with Crippen molar-refractivity contribution in [1.82, 2.24) is 18.3 Å². The van der Waals surface area contributed by atoms with Gasteiger partial charge in [-0.3, -0.25) is 0 Å². The second kappa shape index (κ2) is 21.1. The molecule has 0 aliphatic rings. The van der Waals surface area contributed by atoms with Crippen molar-refractivity contribution in [2.24, 2.45) is 0 Å². The Balaban J connectivity index is 0.000000131. The molecule has 0 radical (unpaired) electrons. The third-order valence-electron chi connectivity index (χ3n) is 19.9. The molecule has 4 nitrogen and oxygen atoms in total. The molecule has 5 heterocycles. The summed E-state index contributed by atoms with van der Waals surface area (Å²) in [6.45, 7) is 0. The smallest absolute Gasteiger partial charge is 0.0795 e. The van der Waals surface area contributed by atoms with Crippen molar-refractivity contribution < 1.29 is 0 Å². The quantitative estimate of drug-likeness (QED) is 0.158. The zero-order valence-electron chi connectivity index (χ0n) is 51.5. The highest BCUT2D eigenvalue weighted by molar-refractivity contribution is 7.26. The summed E-state index contributed by atoms with van der Waals surface area (Å²) >= 11 is 1.87. The van der Waals surface area contributed by atoms with Gasteiger partial charge in [-0.1, -0.05) is 249 Å². The zero-order valence-corrected chi connectivity index (χ0v) is 52.3. The highest BCUT2D eigenvalue weighted by Crippen LogP contribution is 2.50. The highest BCUT2D eigenvalue weighted by atomic mass is 32.1. The number of fused-ring (bicyclic) bond motifs is 24. The SMILES string of the molecule is c1ccc(-n2c3ccccc3c3c4ccccc4c4c5ccccc5n(-c5cccc(-c6ccc7ccccc7c6)c5)c4c32)cc1.c1ccc(-n2c3ccccc3c3c4ccccc4c4c5ccccc5n(-c5cccc(-c6cccc7sc8ccccc8c67)c5)c4c32)cc1. The molecule has 21 aromatic rings. The Bertz CT molecular complexity index is 6710. The van der Waals surface area contributed by atoms with Crippen LogP contribution in [0.5, 0.6) is 0 Å². The largest absolute Gasteiger partial charge is 0.307 e. The van der Waals surface area contributed by atoms with Gasteiger partial charge in [0, 0.05) is 86.0 Å². The molecule has 0 aliphatic heterocycles. The van der Waals surface area contributed by atoms with E-state index in [1.807, 2.05) is 11.3 Å². The van der Waals surface area contributed by atoms with E-state index in [0.29, 0.717) is 0 Å². The predicted molar refractivity (Wildman–Crippen MR) is 407 cm³/mol. The molecule has 0 N–H and O–H groups in total. The van der Waals surface area contributed by atoms with E-state index in [-0.39, 0.29) is 0 Å². The molecule has 0 saturated carbocycles. The zero-order chi connectivity index (χ0) is 62.2. The third-order valence-corrected chi connectivity index (χ3v) is 21.0. The van der Waals surface area contributed by atoms with E-state index >= 15 is 0 Å². The van der Waals surface area contributed by atoms with Crippen molar-refractivity contribution >= 4 is 151 Å². The number of hydrogen-bond donors (Lipinski definition) is 0. The minimum absolute atomic E-state index is 1.15. The molecule has 0 bridgehead atoms. The highest BCUT2D eigenvalue weighted by Gasteiger charge is 2.27. The van der Waals surface area contributed by atoms with Gasteiger partial charge in [-0.15, -0.1) is 11.3 Å². The first-order valence-corrected chi connectivity index (χ1v) is 33.5. The summed E-state index contributed by atoms with van der Waals surface area (Å²) in [5, 5.41) is 20.5. The van der Waals surface area contributed by atoms with Crippen LogP contribution in [0.25, 0.3) is 185 Å². The first-order valence-electron chi connectivity index (χ1n) is 32.7. The molecule has 21 rings (SSSR count). The third kappa shape index (κ3) is 8.00. The summed E-state index contributed by atoms with van der Waals surface area (Å²) < 4.78 is 12.6. The topological polar surface area (TPSA) is 19.7 Å². The van der Waals surface area contributed by atoms with Gasteiger partial charge in [-0.2, -0.15) is 0 Å². The van der Waals surface area contributed by atoms with Crippen molar-refractivity contribution in [3.63, 3.8) is 0 Å². The predicted octanol–water partition coefficient (Wildman–Crippen LogP) is 24.9. The van der Waals surface area contributed by atoms with E-state index in [4.69, 9.17) is 0 Å². The lowest BCUT2D eigenvalue weighted by Crippen LogP contribution is -1.99.